The summed E-state index contributed by atoms with van der Waals surface area (Å²) >= 11 is 0. The Balaban J connectivity index is 2.68. The monoisotopic (exact) mass is 381 g/mol. The van der Waals surface area contributed by atoms with E-state index in [2.05, 4.69) is 10.6 Å². The fourth-order valence-electron chi connectivity index (χ4n) is 2.08. The van der Waals surface area contributed by atoms with Gasteiger partial charge in [-0.1, -0.05) is 26.0 Å². The Morgan fingerprint density at radius 2 is 1.81 bits per heavy atom. The van der Waals surface area contributed by atoms with Crippen LogP contribution < -0.4 is 10.6 Å². The molecule has 0 aromatic heterocycles. The molecule has 148 valence electrons. The third kappa shape index (κ3) is 6.69. The summed E-state index contributed by atoms with van der Waals surface area (Å²) in [5.74, 6) is -3.59. The fourth-order valence-corrected chi connectivity index (χ4v) is 2.08. The molecule has 1 atom stereocenters. The number of amides is 3. The molecule has 0 bridgehead atoms. The zero-order valence-electron chi connectivity index (χ0n) is 15.7. The molecule has 0 aliphatic carbocycles. The van der Waals surface area contributed by atoms with Gasteiger partial charge < -0.3 is 20.3 Å². The Morgan fingerprint density at radius 1 is 1.19 bits per heavy atom. The molecule has 0 saturated carbocycles. The van der Waals surface area contributed by atoms with E-state index < -0.39 is 36.2 Å². The summed E-state index contributed by atoms with van der Waals surface area (Å²) in [5.41, 5.74) is -0.197. The summed E-state index contributed by atoms with van der Waals surface area (Å²) in [6.07, 6.45) is 0. The predicted molar refractivity (Wildman–Crippen MR) is 95.2 cm³/mol. The minimum Gasteiger partial charge on any atom is -0.454 e. The highest BCUT2D eigenvalue weighted by atomic mass is 19.1. The SMILES string of the molecule is CNC(=O)CN(C)C(=O)COC(=O)[C@@H](NC(=O)c1ccccc1F)C(C)C. The number of ether oxygens (including phenoxy) is 1. The molecule has 3 amide bonds. The minimum absolute atomic E-state index is 0.176. The standard InChI is InChI=1S/C18H24FN3O5/c1-11(2)16(21-17(25)12-7-5-6-8-13(12)19)18(26)27-10-15(24)22(4)9-14(23)20-3/h5-8,11,16H,9-10H2,1-4H3,(H,20,23)(H,21,25)/t16-/m0/s1. The zero-order valence-corrected chi connectivity index (χ0v) is 15.7. The van der Waals surface area contributed by atoms with Crippen LogP contribution in [0.2, 0.25) is 0 Å². The maximum Gasteiger partial charge on any atom is 0.329 e. The molecule has 1 aromatic rings. The van der Waals surface area contributed by atoms with Gasteiger partial charge in [0.25, 0.3) is 11.8 Å². The van der Waals surface area contributed by atoms with Crippen LogP contribution >= 0.6 is 0 Å². The first-order chi connectivity index (χ1) is 12.7. The van der Waals surface area contributed by atoms with E-state index in [1.807, 2.05) is 0 Å². The van der Waals surface area contributed by atoms with E-state index in [1.54, 1.807) is 13.8 Å². The number of halogens is 1. The van der Waals surface area contributed by atoms with Crippen molar-refractivity contribution in [1.29, 1.82) is 0 Å². The smallest absolute Gasteiger partial charge is 0.329 e. The molecule has 1 rings (SSSR count). The van der Waals surface area contributed by atoms with Gasteiger partial charge in [0.05, 0.1) is 12.1 Å². The summed E-state index contributed by atoms with van der Waals surface area (Å²) in [7, 11) is 2.83. The van der Waals surface area contributed by atoms with E-state index in [0.29, 0.717) is 0 Å². The summed E-state index contributed by atoms with van der Waals surface area (Å²) in [6.45, 7) is 2.59. The number of hydrogen-bond donors (Lipinski definition) is 2. The lowest BCUT2D eigenvalue weighted by molar-refractivity contribution is -0.154. The van der Waals surface area contributed by atoms with Gasteiger partial charge in [0, 0.05) is 14.1 Å². The van der Waals surface area contributed by atoms with E-state index >= 15 is 0 Å². The molecule has 0 unspecified atom stereocenters. The number of benzene rings is 1. The highest BCUT2D eigenvalue weighted by molar-refractivity contribution is 5.97. The van der Waals surface area contributed by atoms with Crippen molar-refractivity contribution in [3.63, 3.8) is 0 Å². The second kappa shape index (κ2) is 10.2. The van der Waals surface area contributed by atoms with Crippen LogP contribution in [0.15, 0.2) is 24.3 Å². The Kier molecular flexibility index (Phi) is 8.37. The summed E-state index contributed by atoms with van der Waals surface area (Å²) in [6, 6.07) is 4.32. The molecule has 0 radical (unpaired) electrons. The number of nitrogens with zero attached hydrogens (tertiary/aromatic N) is 1. The maximum atomic E-state index is 13.7. The van der Waals surface area contributed by atoms with Gasteiger partial charge in [0.15, 0.2) is 6.61 Å². The third-order valence-corrected chi connectivity index (χ3v) is 3.75. The van der Waals surface area contributed by atoms with Crippen molar-refractivity contribution in [2.75, 3.05) is 27.2 Å². The first-order valence-corrected chi connectivity index (χ1v) is 8.34. The van der Waals surface area contributed by atoms with Gasteiger partial charge in [-0.2, -0.15) is 0 Å². The van der Waals surface area contributed by atoms with Crippen LogP contribution in [-0.2, 0) is 19.1 Å². The Labute approximate surface area is 157 Å². The fraction of sp³-hybridized carbons (Fsp3) is 0.444. The van der Waals surface area contributed by atoms with Crippen molar-refractivity contribution in [1.82, 2.24) is 15.5 Å². The van der Waals surface area contributed by atoms with Gasteiger partial charge in [0.1, 0.15) is 11.9 Å². The van der Waals surface area contributed by atoms with Crippen LogP contribution in [0, 0.1) is 11.7 Å². The van der Waals surface area contributed by atoms with Crippen molar-refractivity contribution in [3.05, 3.63) is 35.6 Å². The topological polar surface area (TPSA) is 105 Å². The second-order valence-corrected chi connectivity index (χ2v) is 6.21. The molecule has 27 heavy (non-hydrogen) atoms. The summed E-state index contributed by atoms with van der Waals surface area (Å²) in [5, 5.41) is 4.80. The van der Waals surface area contributed by atoms with Crippen LogP contribution in [0.1, 0.15) is 24.2 Å². The molecule has 0 heterocycles. The van der Waals surface area contributed by atoms with E-state index in [-0.39, 0.29) is 23.9 Å². The molecular weight excluding hydrogens is 357 g/mol. The molecule has 9 heteroatoms. The van der Waals surface area contributed by atoms with E-state index in [0.717, 1.165) is 11.0 Å². The molecule has 2 N–H and O–H groups in total. The summed E-state index contributed by atoms with van der Waals surface area (Å²) < 4.78 is 18.7. The van der Waals surface area contributed by atoms with E-state index in [4.69, 9.17) is 4.74 Å². The number of likely N-dealkylation sites (N-methyl/N-ethyl adjacent to an activating group) is 2. The molecule has 0 fully saturated rings. The van der Waals surface area contributed by atoms with Crippen LogP contribution in [0.3, 0.4) is 0 Å². The lowest BCUT2D eigenvalue weighted by atomic mass is 10.0. The normalized spacial score (nSPS) is 11.5. The van der Waals surface area contributed by atoms with Crippen molar-refractivity contribution in [2.45, 2.75) is 19.9 Å². The van der Waals surface area contributed by atoms with Crippen LogP contribution in [0.25, 0.3) is 0 Å². The molecule has 0 saturated heterocycles. The highest BCUT2D eigenvalue weighted by Gasteiger charge is 2.28. The molecule has 0 spiro atoms. The number of nitrogens with one attached hydrogen (secondary N) is 2. The Morgan fingerprint density at radius 3 is 2.37 bits per heavy atom. The van der Waals surface area contributed by atoms with Gasteiger partial charge in [-0.3, -0.25) is 14.4 Å². The molecule has 0 aliphatic rings. The zero-order chi connectivity index (χ0) is 20.6. The molecule has 0 aliphatic heterocycles. The highest BCUT2D eigenvalue weighted by Crippen LogP contribution is 2.10. The van der Waals surface area contributed by atoms with Crippen molar-refractivity contribution < 1.29 is 28.3 Å². The van der Waals surface area contributed by atoms with Crippen LogP contribution in [0.5, 0.6) is 0 Å². The number of rotatable bonds is 8. The second-order valence-electron chi connectivity index (χ2n) is 6.21. The van der Waals surface area contributed by atoms with Crippen LogP contribution in [-0.4, -0.2) is 61.9 Å². The van der Waals surface area contributed by atoms with Gasteiger partial charge in [-0.05, 0) is 18.1 Å². The quantitative estimate of drug-likeness (QED) is 0.632. The van der Waals surface area contributed by atoms with Crippen LogP contribution in [0.4, 0.5) is 4.39 Å². The van der Waals surface area contributed by atoms with Crippen molar-refractivity contribution in [2.24, 2.45) is 5.92 Å². The first kappa shape index (κ1) is 22.1. The third-order valence-electron chi connectivity index (χ3n) is 3.75. The van der Waals surface area contributed by atoms with Gasteiger partial charge in [-0.15, -0.1) is 0 Å². The van der Waals surface area contributed by atoms with Crippen molar-refractivity contribution in [3.8, 4) is 0 Å². The number of carbonyl (C=O) groups excluding carboxylic acids is 4. The maximum absolute atomic E-state index is 13.7. The number of carbonyl (C=O) groups is 4. The van der Waals surface area contributed by atoms with Gasteiger partial charge in [-0.25, -0.2) is 9.18 Å². The average molecular weight is 381 g/mol. The molecule has 8 nitrogen and oxygen atoms in total. The lowest BCUT2D eigenvalue weighted by Gasteiger charge is -2.22. The summed E-state index contributed by atoms with van der Waals surface area (Å²) in [4.78, 5) is 48.7. The largest absolute Gasteiger partial charge is 0.454 e. The van der Waals surface area contributed by atoms with E-state index in [9.17, 15) is 23.6 Å². The van der Waals surface area contributed by atoms with Crippen molar-refractivity contribution >= 4 is 23.7 Å². The Bertz CT molecular complexity index is 708. The lowest BCUT2D eigenvalue weighted by Crippen LogP contribution is -2.46. The van der Waals surface area contributed by atoms with Gasteiger partial charge >= 0.3 is 5.97 Å². The number of hydrogen-bond acceptors (Lipinski definition) is 5. The van der Waals surface area contributed by atoms with E-state index in [1.165, 1.54) is 32.3 Å². The average Bonchev–Trinajstić information content (AvgIpc) is 2.63. The first-order valence-electron chi connectivity index (χ1n) is 8.34. The van der Waals surface area contributed by atoms with Gasteiger partial charge in [0.2, 0.25) is 5.91 Å². The predicted octanol–water partition coefficient (Wildman–Crippen LogP) is 0.328. The Hall–Kier alpha value is -2.97. The molecular formula is C18H24FN3O5. The minimum atomic E-state index is -1.06. The number of esters is 1. The molecule has 1 aromatic carbocycles.